The molecule has 1 heterocycles. The zero-order valence-corrected chi connectivity index (χ0v) is 7.58. The maximum atomic E-state index is 7.12. The second-order valence-electron chi connectivity index (χ2n) is 1.92. The highest BCUT2D eigenvalue weighted by molar-refractivity contribution is 8.02. The Morgan fingerprint density at radius 2 is 2.64 bits per heavy atom. The van der Waals surface area contributed by atoms with E-state index < -0.39 is 0 Å². The number of thioether (sulfide) groups is 1. The van der Waals surface area contributed by atoms with Gasteiger partial charge in [-0.05, 0) is 6.92 Å². The first-order valence-electron chi connectivity index (χ1n) is 2.97. The van der Waals surface area contributed by atoms with E-state index in [4.69, 9.17) is 11.1 Å². The third-order valence-corrected chi connectivity index (χ3v) is 3.01. The van der Waals surface area contributed by atoms with E-state index in [2.05, 4.69) is 10.2 Å². The van der Waals surface area contributed by atoms with Gasteiger partial charge in [0.15, 0.2) is 4.34 Å². The van der Waals surface area contributed by atoms with Crippen molar-refractivity contribution in [2.45, 2.75) is 16.5 Å². The van der Waals surface area contributed by atoms with Crippen molar-refractivity contribution in [1.82, 2.24) is 10.2 Å². The van der Waals surface area contributed by atoms with Crippen molar-refractivity contribution in [3.8, 4) is 0 Å². The summed E-state index contributed by atoms with van der Waals surface area (Å²) >= 11 is 2.91. The van der Waals surface area contributed by atoms with E-state index in [-0.39, 0.29) is 11.1 Å². The maximum absolute atomic E-state index is 7.12. The Labute approximate surface area is 72.7 Å². The van der Waals surface area contributed by atoms with Crippen LogP contribution in [0.5, 0.6) is 0 Å². The number of amidine groups is 1. The van der Waals surface area contributed by atoms with Gasteiger partial charge in [-0.1, -0.05) is 23.1 Å². The van der Waals surface area contributed by atoms with E-state index in [1.165, 1.54) is 23.1 Å². The van der Waals surface area contributed by atoms with Gasteiger partial charge in [-0.15, -0.1) is 10.2 Å². The second kappa shape index (κ2) is 3.68. The molecule has 0 radical (unpaired) electrons. The summed E-state index contributed by atoms with van der Waals surface area (Å²) in [7, 11) is 0. The zero-order valence-electron chi connectivity index (χ0n) is 5.94. The normalized spacial score (nSPS) is 12.8. The minimum Gasteiger partial charge on any atom is -0.387 e. The van der Waals surface area contributed by atoms with Gasteiger partial charge in [0.25, 0.3) is 0 Å². The van der Waals surface area contributed by atoms with Crippen molar-refractivity contribution >= 4 is 28.9 Å². The van der Waals surface area contributed by atoms with Crippen molar-refractivity contribution in [3.63, 3.8) is 0 Å². The molecule has 6 heteroatoms. The molecule has 0 fully saturated rings. The van der Waals surface area contributed by atoms with E-state index in [0.717, 1.165) is 4.34 Å². The van der Waals surface area contributed by atoms with E-state index in [0.29, 0.717) is 0 Å². The van der Waals surface area contributed by atoms with Crippen molar-refractivity contribution in [3.05, 3.63) is 5.51 Å². The van der Waals surface area contributed by atoms with Crippen LogP contribution in [-0.4, -0.2) is 21.3 Å². The first kappa shape index (κ1) is 8.48. The van der Waals surface area contributed by atoms with Gasteiger partial charge in [-0.3, -0.25) is 5.41 Å². The van der Waals surface area contributed by atoms with Crippen LogP contribution in [0.2, 0.25) is 0 Å². The molecule has 1 unspecified atom stereocenters. The third kappa shape index (κ3) is 2.47. The number of aromatic nitrogens is 2. The summed E-state index contributed by atoms with van der Waals surface area (Å²) in [4.78, 5) is 0. The van der Waals surface area contributed by atoms with Crippen LogP contribution < -0.4 is 5.73 Å². The lowest BCUT2D eigenvalue weighted by molar-refractivity contribution is 1.01. The van der Waals surface area contributed by atoms with Crippen molar-refractivity contribution in [2.24, 2.45) is 5.73 Å². The number of hydrogen-bond donors (Lipinski definition) is 2. The van der Waals surface area contributed by atoms with Crippen LogP contribution in [0.3, 0.4) is 0 Å². The third-order valence-electron chi connectivity index (χ3n) is 1.06. The van der Waals surface area contributed by atoms with Gasteiger partial charge in [0, 0.05) is 0 Å². The molecule has 0 bridgehead atoms. The number of rotatable bonds is 3. The molecule has 60 valence electrons. The summed E-state index contributed by atoms with van der Waals surface area (Å²) in [5.74, 6) is 0.171. The minimum atomic E-state index is -0.0112. The van der Waals surface area contributed by atoms with Gasteiger partial charge in [0.05, 0.1) is 5.25 Å². The van der Waals surface area contributed by atoms with Crippen LogP contribution >= 0.6 is 23.1 Å². The summed E-state index contributed by atoms with van der Waals surface area (Å²) in [6.45, 7) is 1.87. The molecule has 0 saturated carbocycles. The molecular formula is C5H8N4S2. The number of hydrogen-bond acceptors (Lipinski definition) is 5. The molecule has 0 aliphatic heterocycles. The Morgan fingerprint density at radius 3 is 3.09 bits per heavy atom. The molecular weight excluding hydrogens is 180 g/mol. The van der Waals surface area contributed by atoms with Crippen molar-refractivity contribution in [1.29, 1.82) is 5.41 Å². The summed E-state index contributed by atoms with van der Waals surface area (Å²) in [6, 6.07) is 0. The van der Waals surface area contributed by atoms with Crippen molar-refractivity contribution < 1.29 is 0 Å². The van der Waals surface area contributed by atoms with Crippen LogP contribution in [0, 0.1) is 5.41 Å². The SMILES string of the molecule is CC(Sc1nncs1)C(=N)N. The van der Waals surface area contributed by atoms with E-state index in [1.807, 2.05) is 6.92 Å². The van der Waals surface area contributed by atoms with Gasteiger partial charge in [0.2, 0.25) is 0 Å². The van der Waals surface area contributed by atoms with Gasteiger partial charge in [-0.25, -0.2) is 0 Å². The molecule has 11 heavy (non-hydrogen) atoms. The van der Waals surface area contributed by atoms with Gasteiger partial charge in [-0.2, -0.15) is 0 Å². The smallest absolute Gasteiger partial charge is 0.174 e. The van der Waals surface area contributed by atoms with E-state index >= 15 is 0 Å². The summed E-state index contributed by atoms with van der Waals surface area (Å²) in [6.07, 6.45) is 0. The summed E-state index contributed by atoms with van der Waals surface area (Å²) in [5, 5.41) is 14.6. The number of nitrogens with zero attached hydrogens (tertiary/aromatic N) is 2. The molecule has 0 aromatic carbocycles. The average molecular weight is 188 g/mol. The van der Waals surface area contributed by atoms with Crippen LogP contribution in [0.4, 0.5) is 0 Å². The Morgan fingerprint density at radius 1 is 1.91 bits per heavy atom. The first-order valence-corrected chi connectivity index (χ1v) is 4.73. The average Bonchev–Trinajstić information content (AvgIpc) is 2.39. The first-order chi connectivity index (χ1) is 5.20. The standard InChI is InChI=1S/C5H8N4S2/c1-3(4(6)7)11-5-9-8-2-10-5/h2-3H,1H3,(H3,6,7). The summed E-state index contributed by atoms with van der Waals surface area (Å²) in [5.41, 5.74) is 6.93. The lowest BCUT2D eigenvalue weighted by atomic mass is 10.4. The molecule has 0 aliphatic carbocycles. The van der Waals surface area contributed by atoms with Gasteiger partial charge < -0.3 is 5.73 Å². The number of nitrogens with one attached hydrogen (secondary N) is 1. The fourth-order valence-electron chi connectivity index (χ4n) is 0.429. The summed E-state index contributed by atoms with van der Waals surface area (Å²) < 4.78 is 0.854. The highest BCUT2D eigenvalue weighted by atomic mass is 32.2. The Balaban J connectivity index is 2.50. The fourth-order valence-corrected chi connectivity index (χ4v) is 2.02. The largest absolute Gasteiger partial charge is 0.387 e. The fraction of sp³-hybridized carbons (Fsp3) is 0.400. The van der Waals surface area contributed by atoms with Gasteiger partial charge in [0.1, 0.15) is 11.3 Å². The second-order valence-corrected chi connectivity index (χ2v) is 4.34. The molecule has 4 nitrogen and oxygen atoms in total. The number of nitrogens with two attached hydrogens (primary N) is 1. The lowest BCUT2D eigenvalue weighted by Gasteiger charge is -2.04. The zero-order chi connectivity index (χ0) is 8.27. The van der Waals surface area contributed by atoms with Crippen molar-refractivity contribution in [2.75, 3.05) is 0 Å². The quantitative estimate of drug-likeness (QED) is 0.421. The Kier molecular flexibility index (Phi) is 2.84. The van der Waals surface area contributed by atoms with Crippen LogP contribution in [0.25, 0.3) is 0 Å². The van der Waals surface area contributed by atoms with E-state index in [1.54, 1.807) is 5.51 Å². The highest BCUT2D eigenvalue weighted by Gasteiger charge is 2.08. The molecule has 1 aromatic rings. The Hall–Kier alpha value is -0.620. The molecule has 0 aliphatic rings. The molecule has 0 spiro atoms. The lowest BCUT2D eigenvalue weighted by Crippen LogP contribution is -2.21. The Bertz CT molecular complexity index is 233. The highest BCUT2D eigenvalue weighted by Crippen LogP contribution is 2.23. The molecule has 1 rings (SSSR count). The topological polar surface area (TPSA) is 75.7 Å². The minimum absolute atomic E-state index is 0.0112. The predicted molar refractivity (Wildman–Crippen MR) is 47.1 cm³/mol. The molecule has 1 atom stereocenters. The van der Waals surface area contributed by atoms with E-state index in [9.17, 15) is 0 Å². The molecule has 0 saturated heterocycles. The molecule has 3 N–H and O–H groups in total. The molecule has 0 amide bonds. The predicted octanol–water partition coefficient (Wildman–Crippen LogP) is 0.955. The molecule has 1 aromatic heterocycles. The maximum Gasteiger partial charge on any atom is 0.174 e. The van der Waals surface area contributed by atoms with Gasteiger partial charge >= 0.3 is 0 Å². The monoisotopic (exact) mass is 188 g/mol. The van der Waals surface area contributed by atoms with Crippen LogP contribution in [0.1, 0.15) is 6.92 Å². The van der Waals surface area contributed by atoms with Crippen LogP contribution in [-0.2, 0) is 0 Å². The van der Waals surface area contributed by atoms with Crippen LogP contribution in [0.15, 0.2) is 9.85 Å².